The van der Waals surface area contributed by atoms with Gasteiger partial charge in [-0.2, -0.15) is 5.10 Å². The van der Waals surface area contributed by atoms with Crippen molar-refractivity contribution in [3.05, 3.63) is 24.3 Å². The number of rotatable bonds is 4. The van der Waals surface area contributed by atoms with Crippen molar-refractivity contribution < 1.29 is 4.79 Å². The van der Waals surface area contributed by atoms with Crippen LogP contribution in [0.1, 0.15) is 32.1 Å². The van der Waals surface area contributed by atoms with Crippen molar-refractivity contribution in [1.82, 2.24) is 10.4 Å². The van der Waals surface area contributed by atoms with Gasteiger partial charge in [0.1, 0.15) is 0 Å². The molecular weight excluding hydrogens is 284 g/mol. The lowest BCUT2D eigenvalue weighted by Crippen LogP contribution is -2.27. The SMILES string of the molecule is O=C(CNc1nc2ccccc2s1)NN=C1CCCCC1. The Morgan fingerprint density at radius 3 is 2.86 bits per heavy atom. The van der Waals surface area contributed by atoms with E-state index in [4.69, 9.17) is 0 Å². The number of anilines is 1. The van der Waals surface area contributed by atoms with E-state index >= 15 is 0 Å². The van der Waals surface area contributed by atoms with Gasteiger partial charge in [0.2, 0.25) is 0 Å². The highest BCUT2D eigenvalue weighted by Gasteiger charge is 2.08. The van der Waals surface area contributed by atoms with Gasteiger partial charge in [-0.3, -0.25) is 4.79 Å². The fraction of sp³-hybridized carbons (Fsp3) is 0.400. The molecule has 1 aliphatic rings. The minimum absolute atomic E-state index is 0.132. The topological polar surface area (TPSA) is 66.4 Å². The van der Waals surface area contributed by atoms with Crippen LogP contribution in [0.4, 0.5) is 5.13 Å². The van der Waals surface area contributed by atoms with Crippen LogP contribution < -0.4 is 10.7 Å². The summed E-state index contributed by atoms with van der Waals surface area (Å²) in [5, 5.41) is 8.01. The summed E-state index contributed by atoms with van der Waals surface area (Å²) in [5.41, 5.74) is 4.68. The molecule has 1 fully saturated rings. The number of nitrogens with one attached hydrogen (secondary N) is 2. The van der Waals surface area contributed by atoms with E-state index in [1.807, 2.05) is 24.3 Å². The molecule has 1 aromatic heterocycles. The number of carbonyl (C=O) groups excluding carboxylic acids is 1. The molecule has 0 radical (unpaired) electrons. The van der Waals surface area contributed by atoms with E-state index in [0.29, 0.717) is 0 Å². The highest BCUT2D eigenvalue weighted by molar-refractivity contribution is 7.22. The van der Waals surface area contributed by atoms with Crippen LogP contribution >= 0.6 is 11.3 Å². The number of thiazole rings is 1. The number of aromatic nitrogens is 1. The Morgan fingerprint density at radius 1 is 1.24 bits per heavy atom. The highest BCUT2D eigenvalue weighted by Crippen LogP contribution is 2.24. The predicted molar refractivity (Wildman–Crippen MR) is 86.8 cm³/mol. The van der Waals surface area contributed by atoms with Crippen molar-refractivity contribution in [2.24, 2.45) is 5.10 Å². The first-order valence-electron chi connectivity index (χ1n) is 7.25. The average molecular weight is 302 g/mol. The van der Waals surface area contributed by atoms with Crippen molar-refractivity contribution in [2.45, 2.75) is 32.1 Å². The Hall–Kier alpha value is -1.95. The molecular formula is C15H18N4OS. The van der Waals surface area contributed by atoms with Gasteiger partial charge in [0.05, 0.1) is 16.8 Å². The van der Waals surface area contributed by atoms with Gasteiger partial charge in [-0.25, -0.2) is 10.4 Å². The normalized spacial score (nSPS) is 15.0. The Kier molecular flexibility index (Phi) is 4.45. The van der Waals surface area contributed by atoms with Gasteiger partial charge in [-0.05, 0) is 37.8 Å². The third kappa shape index (κ3) is 3.78. The van der Waals surface area contributed by atoms with Crippen LogP contribution in [0, 0.1) is 0 Å². The molecule has 0 saturated heterocycles. The molecule has 1 saturated carbocycles. The number of fused-ring (bicyclic) bond motifs is 1. The first-order chi connectivity index (χ1) is 10.3. The van der Waals surface area contributed by atoms with Crippen molar-refractivity contribution in [3.8, 4) is 0 Å². The zero-order chi connectivity index (χ0) is 14.5. The van der Waals surface area contributed by atoms with Gasteiger partial charge in [0, 0.05) is 5.71 Å². The number of hydrogen-bond acceptors (Lipinski definition) is 5. The quantitative estimate of drug-likeness (QED) is 0.853. The summed E-state index contributed by atoms with van der Waals surface area (Å²) in [7, 11) is 0. The Labute approximate surface area is 127 Å². The molecule has 0 unspecified atom stereocenters. The summed E-state index contributed by atoms with van der Waals surface area (Å²) in [6.07, 6.45) is 5.64. The van der Waals surface area contributed by atoms with Crippen LogP contribution in [0.25, 0.3) is 10.2 Å². The van der Waals surface area contributed by atoms with Crippen LogP contribution in [0.15, 0.2) is 29.4 Å². The van der Waals surface area contributed by atoms with Gasteiger partial charge in [-0.15, -0.1) is 0 Å². The molecule has 0 bridgehead atoms. The minimum atomic E-state index is -0.132. The second-order valence-electron chi connectivity index (χ2n) is 5.11. The average Bonchev–Trinajstić information content (AvgIpc) is 2.95. The first-order valence-corrected chi connectivity index (χ1v) is 8.06. The van der Waals surface area contributed by atoms with Crippen molar-refractivity contribution in [2.75, 3.05) is 11.9 Å². The molecule has 5 nitrogen and oxygen atoms in total. The summed E-state index contributed by atoms with van der Waals surface area (Å²) in [6, 6.07) is 7.93. The van der Waals surface area contributed by atoms with E-state index in [2.05, 4.69) is 20.8 Å². The zero-order valence-electron chi connectivity index (χ0n) is 11.8. The number of benzene rings is 1. The van der Waals surface area contributed by atoms with Crippen LogP contribution in [0.2, 0.25) is 0 Å². The highest BCUT2D eigenvalue weighted by atomic mass is 32.1. The van der Waals surface area contributed by atoms with Crippen molar-refractivity contribution >= 4 is 38.3 Å². The fourth-order valence-corrected chi connectivity index (χ4v) is 3.22. The molecule has 1 aromatic carbocycles. The monoisotopic (exact) mass is 302 g/mol. The number of para-hydroxylation sites is 1. The maximum absolute atomic E-state index is 11.8. The molecule has 0 aliphatic heterocycles. The standard InChI is InChI=1S/C15H18N4OS/c20-14(19-18-11-6-2-1-3-7-11)10-16-15-17-12-8-4-5-9-13(12)21-15/h4-5,8-9H,1-3,6-7,10H2,(H,16,17)(H,19,20). The fourth-order valence-electron chi connectivity index (χ4n) is 2.36. The third-order valence-electron chi connectivity index (χ3n) is 3.46. The smallest absolute Gasteiger partial charge is 0.259 e. The Balaban J connectivity index is 1.51. The maximum atomic E-state index is 11.8. The molecule has 1 aliphatic carbocycles. The second kappa shape index (κ2) is 6.67. The predicted octanol–water partition coefficient (Wildman–Crippen LogP) is 3.14. The number of hydrogen-bond donors (Lipinski definition) is 2. The van der Waals surface area contributed by atoms with Gasteiger partial charge in [0.15, 0.2) is 5.13 Å². The summed E-state index contributed by atoms with van der Waals surface area (Å²) in [6.45, 7) is 0.191. The van der Waals surface area contributed by atoms with E-state index in [1.54, 1.807) is 11.3 Å². The van der Waals surface area contributed by atoms with E-state index < -0.39 is 0 Å². The van der Waals surface area contributed by atoms with E-state index in [9.17, 15) is 4.79 Å². The van der Waals surface area contributed by atoms with Gasteiger partial charge in [-0.1, -0.05) is 29.9 Å². The van der Waals surface area contributed by atoms with Gasteiger partial charge >= 0.3 is 0 Å². The molecule has 1 heterocycles. The van der Waals surface area contributed by atoms with E-state index in [1.165, 1.54) is 19.3 Å². The van der Waals surface area contributed by atoms with Crippen LogP contribution in [-0.2, 0) is 4.79 Å². The van der Waals surface area contributed by atoms with E-state index in [-0.39, 0.29) is 12.5 Å². The van der Waals surface area contributed by atoms with Crippen LogP contribution in [0.5, 0.6) is 0 Å². The maximum Gasteiger partial charge on any atom is 0.259 e. The summed E-state index contributed by atoms with van der Waals surface area (Å²) < 4.78 is 1.11. The summed E-state index contributed by atoms with van der Waals surface area (Å²) in [4.78, 5) is 16.2. The van der Waals surface area contributed by atoms with Crippen LogP contribution in [0.3, 0.4) is 0 Å². The molecule has 0 atom stereocenters. The molecule has 0 spiro atoms. The van der Waals surface area contributed by atoms with Crippen molar-refractivity contribution in [3.63, 3.8) is 0 Å². The molecule has 2 aromatic rings. The Morgan fingerprint density at radius 2 is 2.05 bits per heavy atom. The third-order valence-corrected chi connectivity index (χ3v) is 4.46. The Bertz CT molecular complexity index is 623. The molecule has 2 N–H and O–H groups in total. The summed E-state index contributed by atoms with van der Waals surface area (Å²) >= 11 is 1.55. The second-order valence-corrected chi connectivity index (χ2v) is 6.14. The largest absolute Gasteiger partial charge is 0.352 e. The zero-order valence-corrected chi connectivity index (χ0v) is 12.6. The lowest BCUT2D eigenvalue weighted by molar-refractivity contribution is -0.119. The molecule has 110 valence electrons. The lowest BCUT2D eigenvalue weighted by Gasteiger charge is -2.11. The minimum Gasteiger partial charge on any atom is -0.352 e. The number of carbonyl (C=O) groups is 1. The van der Waals surface area contributed by atoms with Crippen molar-refractivity contribution in [1.29, 1.82) is 0 Å². The molecule has 3 rings (SSSR count). The molecule has 6 heteroatoms. The molecule has 1 amide bonds. The summed E-state index contributed by atoms with van der Waals surface area (Å²) in [5.74, 6) is -0.132. The molecule has 21 heavy (non-hydrogen) atoms. The van der Waals surface area contributed by atoms with E-state index in [0.717, 1.165) is 33.9 Å². The van der Waals surface area contributed by atoms with Crippen LogP contribution in [-0.4, -0.2) is 23.1 Å². The number of nitrogens with zero attached hydrogens (tertiary/aromatic N) is 2. The van der Waals surface area contributed by atoms with Gasteiger partial charge in [0.25, 0.3) is 5.91 Å². The number of hydrazone groups is 1. The first kappa shape index (κ1) is 14.0. The number of amides is 1. The lowest BCUT2D eigenvalue weighted by atomic mass is 9.99. The van der Waals surface area contributed by atoms with Gasteiger partial charge < -0.3 is 5.32 Å².